The molecular formula is C38H74S4. The van der Waals surface area contributed by atoms with Gasteiger partial charge in [-0.1, -0.05) is 107 Å². The highest BCUT2D eigenvalue weighted by Crippen LogP contribution is 2.51. The van der Waals surface area contributed by atoms with Crippen LogP contribution in [0.25, 0.3) is 0 Å². The summed E-state index contributed by atoms with van der Waals surface area (Å²) < 4.78 is 0.0530. The third-order valence-electron chi connectivity index (χ3n) is 9.76. The first kappa shape index (κ1) is 42.9. The molecule has 0 aliphatic rings. The molecule has 0 saturated heterocycles. The van der Waals surface area contributed by atoms with E-state index in [1.165, 1.54) is 24.8 Å². The molecule has 0 heterocycles. The molecule has 0 aromatic carbocycles. The number of allylic oxidation sites excluding steroid dienone is 4. The van der Waals surface area contributed by atoms with Crippen LogP contribution in [-0.2, 0) is 0 Å². The van der Waals surface area contributed by atoms with Crippen LogP contribution in [0.15, 0.2) is 23.8 Å². The van der Waals surface area contributed by atoms with E-state index in [0.717, 1.165) is 38.5 Å². The molecule has 0 aromatic rings. The molecule has 0 fully saturated rings. The molecule has 42 heavy (non-hydrogen) atoms. The fourth-order valence-corrected chi connectivity index (χ4v) is 10.1. The monoisotopic (exact) mass is 658 g/mol. The van der Waals surface area contributed by atoms with E-state index in [1.54, 1.807) is 0 Å². The molecular weight excluding hydrogens is 585 g/mol. The van der Waals surface area contributed by atoms with Crippen LogP contribution in [0.3, 0.4) is 0 Å². The van der Waals surface area contributed by atoms with E-state index in [4.69, 9.17) is 50.5 Å². The zero-order chi connectivity index (χ0) is 33.1. The lowest BCUT2D eigenvalue weighted by atomic mass is 9.61. The standard InChI is InChI=1S/C38H74S4/c1-15-18-36(12,26-37(13,24-32(9)39)25-35(10,11)33(40)17-3)23-31(8)34(41)30(7)20-29(6)22-38(14,42)21-28(5)19-27(4)16-2/h15,18-19,28-34,39-42H,16-17,20-26H2,1-14H3/b18-15+,27-19+. The molecule has 4 heteroatoms. The average molecular weight is 659 g/mol. The van der Waals surface area contributed by atoms with Gasteiger partial charge < -0.3 is 0 Å². The zero-order valence-electron chi connectivity index (χ0n) is 30.4. The predicted molar refractivity (Wildman–Crippen MR) is 210 cm³/mol. The minimum absolute atomic E-state index is 0.0530. The first-order valence-corrected chi connectivity index (χ1v) is 19.1. The highest BCUT2D eigenvalue weighted by atomic mass is 32.1. The van der Waals surface area contributed by atoms with Crippen LogP contribution in [0.2, 0.25) is 0 Å². The van der Waals surface area contributed by atoms with E-state index < -0.39 is 0 Å². The van der Waals surface area contributed by atoms with Gasteiger partial charge in [-0.2, -0.15) is 50.5 Å². The second-order valence-electron chi connectivity index (χ2n) is 16.5. The zero-order valence-corrected chi connectivity index (χ0v) is 34.0. The van der Waals surface area contributed by atoms with E-state index in [1.807, 2.05) is 0 Å². The lowest BCUT2D eigenvalue weighted by molar-refractivity contribution is 0.0958. The largest absolute Gasteiger partial charge is 0.176 e. The van der Waals surface area contributed by atoms with Crippen molar-refractivity contribution >= 4 is 50.5 Å². The molecule has 0 aliphatic carbocycles. The molecule has 10 atom stereocenters. The molecule has 0 spiro atoms. The van der Waals surface area contributed by atoms with Gasteiger partial charge in [-0.15, -0.1) is 0 Å². The molecule has 10 unspecified atom stereocenters. The van der Waals surface area contributed by atoms with Crippen molar-refractivity contribution in [3.8, 4) is 0 Å². The van der Waals surface area contributed by atoms with E-state index in [-0.39, 0.29) is 21.0 Å². The van der Waals surface area contributed by atoms with Crippen molar-refractivity contribution in [3.63, 3.8) is 0 Å². The minimum atomic E-state index is 0.0530. The van der Waals surface area contributed by atoms with Crippen molar-refractivity contribution in [1.29, 1.82) is 0 Å². The van der Waals surface area contributed by atoms with E-state index in [0.29, 0.717) is 39.4 Å². The van der Waals surface area contributed by atoms with Gasteiger partial charge in [0.15, 0.2) is 0 Å². The topological polar surface area (TPSA) is 0 Å². The van der Waals surface area contributed by atoms with Crippen LogP contribution in [-0.4, -0.2) is 20.5 Å². The van der Waals surface area contributed by atoms with E-state index >= 15 is 0 Å². The maximum Gasteiger partial charge on any atom is 0.0109 e. The molecule has 0 saturated carbocycles. The lowest BCUT2D eigenvalue weighted by Crippen LogP contribution is -2.38. The van der Waals surface area contributed by atoms with Gasteiger partial charge in [-0.05, 0) is 117 Å². The first-order valence-electron chi connectivity index (χ1n) is 17.1. The first-order chi connectivity index (χ1) is 19.0. The van der Waals surface area contributed by atoms with Gasteiger partial charge in [0.1, 0.15) is 0 Å². The van der Waals surface area contributed by atoms with Crippen LogP contribution in [0, 0.1) is 39.9 Å². The smallest absolute Gasteiger partial charge is 0.0109 e. The van der Waals surface area contributed by atoms with Crippen LogP contribution in [0.1, 0.15) is 155 Å². The summed E-state index contributed by atoms with van der Waals surface area (Å²) in [5.74, 6) is 2.29. The third kappa shape index (κ3) is 16.4. The van der Waals surface area contributed by atoms with Crippen LogP contribution in [0.5, 0.6) is 0 Å². The quantitative estimate of drug-likeness (QED) is 0.0684. The summed E-state index contributed by atoms with van der Waals surface area (Å²) in [5.41, 5.74) is 1.98. The van der Waals surface area contributed by atoms with Crippen LogP contribution >= 0.6 is 50.5 Å². The normalized spacial score (nSPS) is 22.9. The average Bonchev–Trinajstić information content (AvgIpc) is 2.80. The second kappa shape index (κ2) is 18.9. The minimum Gasteiger partial charge on any atom is -0.176 e. The van der Waals surface area contributed by atoms with Crippen molar-refractivity contribution in [2.45, 2.75) is 175 Å². The fraction of sp³-hybridized carbons (Fsp3) is 0.895. The SMILES string of the molecule is C/C=C/C(C)(CC(C)C(S)C(C)CC(C)CC(C)(S)CC(C)/C=C(\C)CC)CC(C)(CC(C)S)CC(C)(C)C(S)CC. The predicted octanol–water partition coefficient (Wildman–Crippen LogP) is 13.2. The van der Waals surface area contributed by atoms with Gasteiger partial charge in [0.05, 0.1) is 0 Å². The number of rotatable bonds is 21. The highest BCUT2D eigenvalue weighted by Gasteiger charge is 2.41. The Kier molecular flexibility index (Phi) is 19.3. The third-order valence-corrected chi connectivity index (χ3v) is 12.4. The van der Waals surface area contributed by atoms with Gasteiger partial charge in [0.25, 0.3) is 0 Å². The maximum absolute atomic E-state index is 5.29. The summed E-state index contributed by atoms with van der Waals surface area (Å²) in [6.45, 7) is 33.0. The van der Waals surface area contributed by atoms with Crippen molar-refractivity contribution < 1.29 is 0 Å². The summed E-state index contributed by atoms with van der Waals surface area (Å²) in [6.07, 6.45) is 17.5. The van der Waals surface area contributed by atoms with Gasteiger partial charge in [0, 0.05) is 15.2 Å². The van der Waals surface area contributed by atoms with E-state index in [9.17, 15) is 0 Å². The van der Waals surface area contributed by atoms with Crippen LogP contribution in [0.4, 0.5) is 0 Å². The summed E-state index contributed by atoms with van der Waals surface area (Å²) in [6, 6.07) is 0. The molecule has 0 rings (SSSR count). The summed E-state index contributed by atoms with van der Waals surface area (Å²) in [4.78, 5) is 0. The van der Waals surface area contributed by atoms with Crippen molar-refractivity contribution in [3.05, 3.63) is 23.8 Å². The van der Waals surface area contributed by atoms with Crippen molar-refractivity contribution in [2.75, 3.05) is 0 Å². The Morgan fingerprint density at radius 3 is 1.83 bits per heavy atom. The second-order valence-corrected chi connectivity index (χ2v) is 19.7. The Bertz CT molecular complexity index is 812. The molecule has 0 nitrogen and oxygen atoms in total. The Morgan fingerprint density at radius 2 is 1.36 bits per heavy atom. The molecule has 0 aromatic heterocycles. The van der Waals surface area contributed by atoms with Crippen molar-refractivity contribution in [1.82, 2.24) is 0 Å². The summed E-state index contributed by atoms with van der Waals surface area (Å²) in [7, 11) is 0. The molecule has 250 valence electrons. The Labute approximate surface area is 287 Å². The number of hydrogen-bond donors (Lipinski definition) is 4. The number of hydrogen-bond acceptors (Lipinski definition) is 4. The fourth-order valence-electron chi connectivity index (χ4n) is 8.73. The van der Waals surface area contributed by atoms with E-state index in [2.05, 4.69) is 115 Å². The Hall–Kier alpha value is 0.880. The summed E-state index contributed by atoms with van der Waals surface area (Å²) >= 11 is 20.3. The van der Waals surface area contributed by atoms with Crippen LogP contribution < -0.4 is 0 Å². The highest BCUT2D eigenvalue weighted by molar-refractivity contribution is 7.81. The van der Waals surface area contributed by atoms with Gasteiger partial charge in [-0.25, -0.2) is 0 Å². The molecule has 0 bridgehead atoms. The van der Waals surface area contributed by atoms with Gasteiger partial charge >= 0.3 is 0 Å². The lowest BCUT2D eigenvalue weighted by Gasteiger charge is -2.46. The molecule has 0 N–H and O–H groups in total. The molecule has 0 radical (unpaired) electrons. The summed E-state index contributed by atoms with van der Waals surface area (Å²) in [5, 5.41) is 1.16. The number of thiol groups is 4. The maximum atomic E-state index is 5.29. The van der Waals surface area contributed by atoms with Gasteiger partial charge in [-0.3, -0.25) is 0 Å². The molecule has 0 amide bonds. The van der Waals surface area contributed by atoms with Crippen molar-refractivity contribution in [2.24, 2.45) is 39.9 Å². The Morgan fingerprint density at radius 1 is 0.786 bits per heavy atom. The van der Waals surface area contributed by atoms with Gasteiger partial charge in [0.2, 0.25) is 0 Å². The Balaban J connectivity index is 5.60. The molecule has 0 aliphatic heterocycles.